The van der Waals surface area contributed by atoms with Crippen molar-refractivity contribution in [2.24, 2.45) is 0 Å². The predicted molar refractivity (Wildman–Crippen MR) is 121 cm³/mol. The van der Waals surface area contributed by atoms with E-state index in [2.05, 4.69) is 10.3 Å². The number of hydrogen-bond donors (Lipinski definition) is 1. The van der Waals surface area contributed by atoms with E-state index >= 15 is 0 Å². The van der Waals surface area contributed by atoms with Crippen LogP contribution in [0.2, 0.25) is 0 Å². The highest BCUT2D eigenvalue weighted by atomic mass is 32.1. The number of thiazole rings is 1. The van der Waals surface area contributed by atoms with Gasteiger partial charge in [-0.3, -0.25) is 19.1 Å². The summed E-state index contributed by atoms with van der Waals surface area (Å²) in [5, 5.41) is 12.4. The van der Waals surface area contributed by atoms with Gasteiger partial charge in [0.1, 0.15) is 16.5 Å². The molecule has 2 aromatic heterocycles. The summed E-state index contributed by atoms with van der Waals surface area (Å²) in [6, 6.07) is 19.4. The number of nitrogens with one attached hydrogen (secondary N) is 1. The molecule has 0 radical (unpaired) electrons. The van der Waals surface area contributed by atoms with E-state index in [9.17, 15) is 19.2 Å². The van der Waals surface area contributed by atoms with E-state index in [1.807, 2.05) is 6.07 Å². The first kappa shape index (κ1) is 20.9. The number of rotatable bonds is 4. The summed E-state index contributed by atoms with van der Waals surface area (Å²) in [6.07, 6.45) is 4.91. The minimum Gasteiger partial charge on any atom is -0.321 e. The van der Waals surface area contributed by atoms with Gasteiger partial charge in [-0.05, 0) is 60.2 Å². The van der Waals surface area contributed by atoms with Gasteiger partial charge in [0.05, 0.1) is 10.2 Å². The topological polar surface area (TPSA) is 87.8 Å². The van der Waals surface area contributed by atoms with Crippen LogP contribution in [0, 0.1) is 17.1 Å². The van der Waals surface area contributed by atoms with Crippen molar-refractivity contribution in [1.82, 2.24) is 9.55 Å². The Bertz CT molecular complexity index is 1490. The maximum atomic E-state index is 13.3. The average Bonchev–Trinajstić information content (AvgIpc) is 3.12. The summed E-state index contributed by atoms with van der Waals surface area (Å²) >= 11 is 1.04. The largest absolute Gasteiger partial charge is 0.321 e. The summed E-state index contributed by atoms with van der Waals surface area (Å²) < 4.78 is 15.1. The van der Waals surface area contributed by atoms with E-state index in [1.165, 1.54) is 28.8 Å². The fourth-order valence-electron chi connectivity index (χ4n) is 3.00. The van der Waals surface area contributed by atoms with Crippen molar-refractivity contribution in [3.05, 3.63) is 110 Å². The Kier molecular flexibility index (Phi) is 6.01. The molecule has 0 spiro atoms. The first-order valence-electron chi connectivity index (χ1n) is 9.47. The average molecular weight is 442 g/mol. The van der Waals surface area contributed by atoms with Crippen LogP contribution in [0.5, 0.6) is 0 Å². The van der Waals surface area contributed by atoms with Crippen LogP contribution in [-0.2, 0) is 4.79 Å². The van der Waals surface area contributed by atoms with Crippen molar-refractivity contribution in [2.75, 3.05) is 5.32 Å². The number of nitrogens with zero attached hydrogens (tertiary/aromatic N) is 3. The first-order valence-corrected chi connectivity index (χ1v) is 10.3. The molecule has 8 heteroatoms. The molecule has 0 aliphatic heterocycles. The van der Waals surface area contributed by atoms with Gasteiger partial charge in [-0.1, -0.05) is 18.2 Å². The summed E-state index contributed by atoms with van der Waals surface area (Å²) in [5.41, 5.74) is 1.04. The molecule has 0 saturated heterocycles. The molecule has 0 aliphatic rings. The number of hydrogen-bond acceptors (Lipinski definition) is 5. The van der Waals surface area contributed by atoms with Crippen LogP contribution in [0.25, 0.3) is 17.3 Å². The number of para-hydroxylation sites is 1. The Balaban J connectivity index is 1.94. The molecule has 2 aromatic carbocycles. The molecule has 1 N–H and O–H groups in total. The lowest BCUT2D eigenvalue weighted by Crippen LogP contribution is -2.32. The van der Waals surface area contributed by atoms with Crippen LogP contribution in [0.4, 0.5) is 10.1 Å². The Morgan fingerprint density at radius 1 is 1.06 bits per heavy atom. The third kappa shape index (κ3) is 4.38. The zero-order valence-electron chi connectivity index (χ0n) is 16.5. The van der Waals surface area contributed by atoms with Crippen LogP contribution in [0.3, 0.4) is 0 Å². The van der Waals surface area contributed by atoms with E-state index in [4.69, 9.17) is 0 Å². The molecule has 0 saturated carbocycles. The van der Waals surface area contributed by atoms with Gasteiger partial charge in [0.2, 0.25) is 0 Å². The zero-order chi connectivity index (χ0) is 22.5. The smallest absolute Gasteiger partial charge is 0.273 e. The molecule has 0 unspecified atom stereocenters. The van der Waals surface area contributed by atoms with Crippen molar-refractivity contribution in [3.8, 4) is 11.8 Å². The number of nitriles is 1. The standard InChI is InChI=1S/C24H15FN4O2S/c25-17-6-8-18(9-7-17)28-22(30)20(15-26)24-29(19-4-2-1-3-5-19)23(31)21(32-24)14-16-10-12-27-13-11-16/h1-14H,(H,28,30). The van der Waals surface area contributed by atoms with Gasteiger partial charge in [0.15, 0.2) is 5.57 Å². The zero-order valence-corrected chi connectivity index (χ0v) is 17.3. The highest BCUT2D eigenvalue weighted by Crippen LogP contribution is 2.10. The van der Waals surface area contributed by atoms with Gasteiger partial charge in [-0.15, -0.1) is 11.3 Å². The number of carbonyl (C=O) groups excluding carboxylic acids is 1. The fraction of sp³-hybridized carbons (Fsp3) is 0. The SMILES string of the molecule is N#CC(C(=O)Nc1ccc(F)cc1)=c1sc(=Cc2ccncc2)c(=O)n1-c1ccccc1. The minimum absolute atomic E-state index is 0.198. The van der Waals surface area contributed by atoms with E-state index < -0.39 is 11.7 Å². The first-order chi connectivity index (χ1) is 15.6. The van der Waals surface area contributed by atoms with Gasteiger partial charge in [0.25, 0.3) is 11.5 Å². The van der Waals surface area contributed by atoms with Crippen LogP contribution in [-0.4, -0.2) is 15.5 Å². The Hall–Kier alpha value is -4.35. The van der Waals surface area contributed by atoms with E-state index in [-0.39, 0.29) is 15.8 Å². The van der Waals surface area contributed by atoms with E-state index in [0.717, 1.165) is 16.9 Å². The Labute approximate surface area is 185 Å². The number of carbonyl (C=O) groups is 1. The third-order valence-corrected chi connectivity index (χ3v) is 5.59. The van der Waals surface area contributed by atoms with Gasteiger partial charge in [-0.25, -0.2) is 4.39 Å². The van der Waals surface area contributed by atoms with E-state index in [0.29, 0.717) is 15.9 Å². The maximum absolute atomic E-state index is 13.3. The van der Waals surface area contributed by atoms with Crippen molar-refractivity contribution in [1.29, 1.82) is 5.26 Å². The van der Waals surface area contributed by atoms with Gasteiger partial charge in [-0.2, -0.15) is 5.26 Å². The number of aromatic nitrogens is 2. The molecule has 156 valence electrons. The molecule has 4 rings (SSSR count). The summed E-state index contributed by atoms with van der Waals surface area (Å²) in [6.45, 7) is 0. The predicted octanol–water partition coefficient (Wildman–Crippen LogP) is 2.57. The maximum Gasteiger partial charge on any atom is 0.273 e. The number of amides is 1. The van der Waals surface area contributed by atoms with Gasteiger partial charge < -0.3 is 5.32 Å². The monoisotopic (exact) mass is 442 g/mol. The van der Waals surface area contributed by atoms with Crippen LogP contribution in [0.15, 0.2) is 83.9 Å². The molecule has 0 aliphatic carbocycles. The lowest BCUT2D eigenvalue weighted by Gasteiger charge is -2.05. The molecule has 4 aromatic rings. The molecule has 2 heterocycles. The second kappa shape index (κ2) is 9.20. The Morgan fingerprint density at radius 2 is 1.75 bits per heavy atom. The van der Waals surface area contributed by atoms with Crippen LogP contribution >= 0.6 is 11.3 Å². The second-order valence-electron chi connectivity index (χ2n) is 6.62. The van der Waals surface area contributed by atoms with Crippen molar-refractivity contribution in [2.45, 2.75) is 0 Å². The number of benzene rings is 2. The minimum atomic E-state index is -0.694. The van der Waals surface area contributed by atoms with Crippen LogP contribution < -0.4 is 20.1 Å². The molecule has 0 atom stereocenters. The molecule has 0 bridgehead atoms. The van der Waals surface area contributed by atoms with Crippen LogP contribution in [0.1, 0.15) is 5.56 Å². The second-order valence-corrected chi connectivity index (χ2v) is 7.65. The number of halogens is 1. The molecular weight excluding hydrogens is 427 g/mol. The fourth-order valence-corrected chi connectivity index (χ4v) is 4.10. The van der Waals surface area contributed by atoms with Gasteiger partial charge >= 0.3 is 0 Å². The normalized spacial score (nSPS) is 12.2. The van der Waals surface area contributed by atoms with E-state index in [1.54, 1.807) is 60.9 Å². The third-order valence-electron chi connectivity index (χ3n) is 4.50. The highest BCUT2D eigenvalue weighted by molar-refractivity contribution is 7.07. The highest BCUT2D eigenvalue weighted by Gasteiger charge is 2.17. The molecule has 1 amide bonds. The summed E-state index contributed by atoms with van der Waals surface area (Å²) in [7, 11) is 0. The van der Waals surface area contributed by atoms with Crippen molar-refractivity contribution >= 4 is 34.6 Å². The quantitative estimate of drug-likeness (QED) is 0.526. The molecule has 32 heavy (non-hydrogen) atoms. The van der Waals surface area contributed by atoms with Gasteiger partial charge in [0, 0.05) is 18.1 Å². The lowest BCUT2D eigenvalue weighted by molar-refractivity contribution is -0.111. The number of pyridine rings is 1. The van der Waals surface area contributed by atoms with Crippen molar-refractivity contribution < 1.29 is 9.18 Å². The Morgan fingerprint density at radius 3 is 2.41 bits per heavy atom. The molecular formula is C24H15FN4O2S. The number of anilines is 1. The molecule has 6 nitrogen and oxygen atoms in total. The summed E-state index contributed by atoms with van der Waals surface area (Å²) in [4.78, 5) is 30.1. The lowest BCUT2D eigenvalue weighted by atomic mass is 10.2. The summed E-state index contributed by atoms with van der Waals surface area (Å²) in [5.74, 6) is -1.14. The van der Waals surface area contributed by atoms with Crippen molar-refractivity contribution in [3.63, 3.8) is 0 Å². The molecule has 0 fully saturated rings.